The number of aromatic nitrogens is 2. The first-order chi connectivity index (χ1) is 26.3. The number of hydrogen-bond acceptors (Lipinski definition) is 10. The van der Waals surface area contributed by atoms with Gasteiger partial charge in [0, 0.05) is 52.4 Å². The van der Waals surface area contributed by atoms with Crippen LogP contribution in [-0.2, 0) is 14.3 Å². The van der Waals surface area contributed by atoms with E-state index in [1.54, 1.807) is 67.3 Å². The van der Waals surface area contributed by atoms with Crippen molar-refractivity contribution >= 4 is 51.3 Å². The number of nitrogens with two attached hydrogens (primary N) is 1. The monoisotopic (exact) mass is 736 g/mol. The van der Waals surface area contributed by atoms with Gasteiger partial charge in [0.05, 0.1) is 28.3 Å². The lowest BCUT2D eigenvalue weighted by Crippen LogP contribution is -2.13. The molecule has 0 unspecified atom stereocenters. The van der Waals surface area contributed by atoms with E-state index in [9.17, 15) is 10.1 Å². The number of nitriles is 2. The van der Waals surface area contributed by atoms with Crippen molar-refractivity contribution in [3.05, 3.63) is 156 Å². The minimum atomic E-state index is -0.933. The number of carbonyl (C=O) groups excluding carboxylic acids is 1. The van der Waals surface area contributed by atoms with E-state index in [1.807, 2.05) is 72.8 Å². The summed E-state index contributed by atoms with van der Waals surface area (Å²) in [5.41, 5.74) is 10.2. The fourth-order valence-electron chi connectivity index (χ4n) is 5.24. The number of benzene rings is 5. The molecule has 0 spiro atoms. The van der Waals surface area contributed by atoms with Crippen LogP contribution in [0.2, 0.25) is 5.02 Å². The molecule has 7 aromatic rings. The van der Waals surface area contributed by atoms with Crippen LogP contribution in [0.15, 0.2) is 140 Å². The number of fused-ring (bicyclic) bond motifs is 2. The minimum Gasteiger partial charge on any atom is -0.508 e. The first-order valence-electron chi connectivity index (χ1n) is 16.2. The molecule has 0 atom stereocenters. The van der Waals surface area contributed by atoms with Crippen LogP contribution >= 0.6 is 11.6 Å². The van der Waals surface area contributed by atoms with E-state index in [0.717, 1.165) is 43.8 Å². The van der Waals surface area contributed by atoms with Gasteiger partial charge in [-0.05, 0) is 58.3 Å². The maximum absolute atomic E-state index is 10.8. The standard InChI is InChI=1S/C18H13N3O2.C16H9ClN2.C6H6O.C2H5NO2/c19-9-12-5-6-15(14-4-2-1-3-13(12)14)16-10-20-8-7-17(16)21-11-18(22)23;17-16-7-8-19-10-15(16)14-6-5-11(9-18)12-3-1-2-4-13(12)14;7-6-4-2-1-3-5-6;3-1-5-2-4/h1-8,10H,11H2,(H,20,21)(H,22,23);1-8,10H;1-5,7H;2H,1,3H2. The van der Waals surface area contributed by atoms with Crippen LogP contribution in [0, 0.1) is 22.7 Å². The Morgan fingerprint density at radius 1 is 0.722 bits per heavy atom. The third kappa shape index (κ3) is 10.6. The Morgan fingerprint density at radius 2 is 1.22 bits per heavy atom. The predicted molar refractivity (Wildman–Crippen MR) is 209 cm³/mol. The zero-order valence-electron chi connectivity index (χ0n) is 28.6. The van der Waals surface area contributed by atoms with E-state index in [0.29, 0.717) is 34.1 Å². The molecule has 2 aromatic heterocycles. The number of ether oxygens (including phenoxy) is 1. The Balaban J connectivity index is 0.000000187. The Labute approximate surface area is 316 Å². The van der Waals surface area contributed by atoms with Gasteiger partial charge in [0.15, 0.2) is 0 Å². The number of aliphatic carboxylic acids is 1. The number of anilines is 1. The number of carboxylic acid groups (broad SMARTS) is 1. The number of nitrogens with zero attached hydrogens (tertiary/aromatic N) is 4. The quantitative estimate of drug-likeness (QED) is 0.0910. The number of halogens is 1. The van der Waals surface area contributed by atoms with Crippen molar-refractivity contribution in [1.29, 1.82) is 10.5 Å². The molecule has 0 aliphatic rings. The van der Waals surface area contributed by atoms with Crippen LogP contribution in [0.3, 0.4) is 0 Å². The summed E-state index contributed by atoms with van der Waals surface area (Å²) in [5.74, 6) is -0.611. The molecule has 0 amide bonds. The molecule has 0 bridgehead atoms. The van der Waals surface area contributed by atoms with Gasteiger partial charge >= 0.3 is 5.97 Å². The predicted octanol–water partition coefficient (Wildman–Crippen LogP) is 8.16. The summed E-state index contributed by atoms with van der Waals surface area (Å²) in [6.45, 7) is 0.106. The van der Waals surface area contributed by atoms with Gasteiger partial charge in [0.2, 0.25) is 0 Å². The van der Waals surface area contributed by atoms with Crippen molar-refractivity contribution in [2.45, 2.75) is 0 Å². The molecule has 2 heterocycles. The number of para-hydroxylation sites is 1. The molecule has 0 saturated heterocycles. The molecule has 0 saturated carbocycles. The normalized spacial score (nSPS) is 9.70. The van der Waals surface area contributed by atoms with E-state index in [-0.39, 0.29) is 13.3 Å². The number of carbonyl (C=O) groups is 2. The topological polar surface area (TPSA) is 195 Å². The van der Waals surface area contributed by atoms with Crippen LogP contribution in [0.4, 0.5) is 5.69 Å². The van der Waals surface area contributed by atoms with Gasteiger partial charge in [-0.2, -0.15) is 10.5 Å². The molecule has 54 heavy (non-hydrogen) atoms. The number of pyridine rings is 2. The molecule has 0 fully saturated rings. The fraction of sp³-hybridized carbons (Fsp3) is 0.0476. The highest BCUT2D eigenvalue weighted by molar-refractivity contribution is 6.33. The number of aromatic hydroxyl groups is 1. The van der Waals surface area contributed by atoms with E-state index >= 15 is 0 Å². The lowest BCUT2D eigenvalue weighted by molar-refractivity contribution is -0.135. The van der Waals surface area contributed by atoms with E-state index < -0.39 is 5.97 Å². The summed E-state index contributed by atoms with van der Waals surface area (Å²) < 4.78 is 3.93. The molecule has 0 radical (unpaired) electrons. The van der Waals surface area contributed by atoms with Crippen LogP contribution in [0.5, 0.6) is 5.75 Å². The molecule has 7 rings (SSSR count). The SMILES string of the molecule is N#Cc1ccc(-c2cnccc2Cl)c2ccccc12.N#Cc1ccc(-c2cnccc2NCC(=O)O)c2ccccc12.NCOC=O.Oc1ccccc1. The van der Waals surface area contributed by atoms with Crippen molar-refractivity contribution in [2.24, 2.45) is 5.73 Å². The largest absolute Gasteiger partial charge is 0.508 e. The van der Waals surface area contributed by atoms with Crippen molar-refractivity contribution in [3.8, 4) is 40.1 Å². The summed E-state index contributed by atoms with van der Waals surface area (Å²) in [4.78, 5) is 28.2. The molecule has 5 N–H and O–H groups in total. The first-order valence-corrected chi connectivity index (χ1v) is 16.5. The smallest absolute Gasteiger partial charge is 0.322 e. The van der Waals surface area contributed by atoms with Gasteiger partial charge in [-0.1, -0.05) is 90.5 Å². The third-order valence-corrected chi connectivity index (χ3v) is 7.94. The molecule has 5 aromatic carbocycles. The summed E-state index contributed by atoms with van der Waals surface area (Å²) in [6, 6.07) is 39.5. The highest BCUT2D eigenvalue weighted by Crippen LogP contribution is 2.35. The van der Waals surface area contributed by atoms with Crippen molar-refractivity contribution in [3.63, 3.8) is 0 Å². The van der Waals surface area contributed by atoms with Crippen LogP contribution < -0.4 is 11.1 Å². The van der Waals surface area contributed by atoms with Gasteiger partial charge in [0.1, 0.15) is 19.0 Å². The first kappa shape index (κ1) is 39.5. The van der Waals surface area contributed by atoms with Crippen molar-refractivity contribution in [2.75, 3.05) is 18.6 Å². The lowest BCUT2D eigenvalue weighted by Gasteiger charge is -2.13. The number of rotatable bonds is 7. The summed E-state index contributed by atoms with van der Waals surface area (Å²) in [6.07, 6.45) is 6.71. The Morgan fingerprint density at radius 3 is 1.67 bits per heavy atom. The molecule has 0 aliphatic carbocycles. The molecule has 11 nitrogen and oxygen atoms in total. The van der Waals surface area contributed by atoms with Crippen molar-refractivity contribution < 1.29 is 24.5 Å². The average molecular weight is 737 g/mol. The number of phenols is 1. The van der Waals surface area contributed by atoms with E-state index in [1.165, 1.54) is 0 Å². The van der Waals surface area contributed by atoms with Crippen LogP contribution in [0.25, 0.3) is 43.8 Å². The molecule has 268 valence electrons. The van der Waals surface area contributed by atoms with Gasteiger partial charge in [-0.15, -0.1) is 0 Å². The number of hydrogen-bond donors (Lipinski definition) is 4. The third-order valence-electron chi connectivity index (χ3n) is 7.61. The Hall–Kier alpha value is -7.31. The second-order valence-corrected chi connectivity index (χ2v) is 11.3. The molecule has 12 heteroatoms. The van der Waals surface area contributed by atoms with Crippen molar-refractivity contribution in [1.82, 2.24) is 9.97 Å². The van der Waals surface area contributed by atoms with E-state index in [4.69, 9.17) is 31.9 Å². The van der Waals surface area contributed by atoms with Crippen LogP contribution in [0.1, 0.15) is 11.1 Å². The highest BCUT2D eigenvalue weighted by atomic mass is 35.5. The van der Waals surface area contributed by atoms with Gasteiger partial charge in [-0.25, -0.2) is 0 Å². The fourth-order valence-corrected chi connectivity index (χ4v) is 5.45. The zero-order chi connectivity index (χ0) is 38.7. The summed E-state index contributed by atoms with van der Waals surface area (Å²) in [5, 5.41) is 43.2. The summed E-state index contributed by atoms with van der Waals surface area (Å²) >= 11 is 6.23. The Bertz CT molecular complexity index is 2430. The summed E-state index contributed by atoms with van der Waals surface area (Å²) in [7, 11) is 0. The maximum Gasteiger partial charge on any atom is 0.322 e. The molecular weight excluding hydrogens is 704 g/mol. The highest BCUT2D eigenvalue weighted by Gasteiger charge is 2.12. The number of carboxylic acids is 1. The van der Waals surface area contributed by atoms with Gasteiger partial charge < -0.3 is 20.3 Å². The minimum absolute atomic E-state index is 0.0243. The average Bonchev–Trinajstić information content (AvgIpc) is 3.21. The van der Waals surface area contributed by atoms with Crippen LogP contribution in [-0.4, -0.2) is 45.9 Å². The maximum atomic E-state index is 10.8. The number of nitrogens with one attached hydrogen (secondary N) is 1. The zero-order valence-corrected chi connectivity index (χ0v) is 29.4. The molecule has 0 aliphatic heterocycles. The lowest BCUT2D eigenvalue weighted by atomic mass is 9.95. The van der Waals surface area contributed by atoms with Gasteiger partial charge in [-0.3, -0.25) is 25.3 Å². The second kappa shape index (κ2) is 20.5. The second-order valence-electron chi connectivity index (χ2n) is 10.9. The van der Waals surface area contributed by atoms with Gasteiger partial charge in [0.25, 0.3) is 6.47 Å². The number of phenolic OH excluding ortho intramolecular Hbond substituents is 1. The Kier molecular flexibility index (Phi) is 15.0. The van der Waals surface area contributed by atoms with E-state index in [2.05, 4.69) is 37.9 Å². The molecular formula is C42H33ClN6O5.